The van der Waals surface area contributed by atoms with E-state index in [2.05, 4.69) is 13.8 Å². The molecule has 0 atom stereocenters. The number of nitrogens with zero attached hydrogens (tertiary/aromatic N) is 1. The second-order valence-electron chi connectivity index (χ2n) is 5.72. The summed E-state index contributed by atoms with van der Waals surface area (Å²) in [6.07, 6.45) is 3.58. The molecule has 1 saturated heterocycles. The van der Waals surface area contributed by atoms with Gasteiger partial charge in [0.1, 0.15) is 12.0 Å². The van der Waals surface area contributed by atoms with E-state index in [0.717, 1.165) is 32.5 Å². The number of carbonyl (C=O) groups is 1. The normalized spacial score (nSPS) is 16.1. The largest absolute Gasteiger partial charge is 0.467 e. The van der Waals surface area contributed by atoms with Crippen molar-refractivity contribution in [2.45, 2.75) is 39.3 Å². The quantitative estimate of drug-likeness (QED) is 0.906. The Morgan fingerprint density at radius 2 is 2.14 bits per heavy atom. The molecule has 1 aromatic heterocycles. The van der Waals surface area contributed by atoms with Crippen LogP contribution < -0.4 is 5.73 Å². The van der Waals surface area contributed by atoms with Gasteiger partial charge >= 0.3 is 0 Å². The minimum Gasteiger partial charge on any atom is -0.467 e. The van der Waals surface area contributed by atoms with Crippen molar-refractivity contribution in [3.8, 4) is 0 Å². The number of hydrogen-bond acceptors (Lipinski definition) is 4. The summed E-state index contributed by atoms with van der Waals surface area (Å²) in [6, 6.07) is 1.73. The average molecular weight is 317 g/mol. The second kappa shape index (κ2) is 8.41. The topological polar surface area (TPSA) is 68.7 Å². The molecule has 0 bridgehead atoms. The molecule has 1 aliphatic heterocycles. The van der Waals surface area contributed by atoms with Gasteiger partial charge < -0.3 is 19.8 Å². The molecular formula is C15H25ClN2O3. The molecule has 1 fully saturated rings. The highest BCUT2D eigenvalue weighted by Crippen LogP contribution is 2.18. The van der Waals surface area contributed by atoms with Crippen LogP contribution in [0.2, 0.25) is 0 Å². The summed E-state index contributed by atoms with van der Waals surface area (Å²) in [6.45, 7) is 6.88. The van der Waals surface area contributed by atoms with Crippen molar-refractivity contribution in [2.24, 2.45) is 11.7 Å². The molecule has 1 aromatic rings. The fourth-order valence-electron chi connectivity index (χ4n) is 2.34. The standard InChI is InChI=1S/C15H24N2O3.ClH/c1-11(2)9-19-13-3-5-17(6-4-13)15(18)12-7-14(8-16)20-10-12;/h7,10-11,13H,3-6,8-9,16H2,1-2H3;1H. The molecule has 0 radical (unpaired) electrons. The van der Waals surface area contributed by atoms with Crippen molar-refractivity contribution in [2.75, 3.05) is 19.7 Å². The summed E-state index contributed by atoms with van der Waals surface area (Å²) in [5.74, 6) is 1.22. The lowest BCUT2D eigenvalue weighted by molar-refractivity contribution is -0.00232. The van der Waals surface area contributed by atoms with Gasteiger partial charge in [0.05, 0.1) is 18.2 Å². The summed E-state index contributed by atoms with van der Waals surface area (Å²) in [5.41, 5.74) is 6.07. The highest BCUT2D eigenvalue weighted by Gasteiger charge is 2.25. The average Bonchev–Trinajstić information content (AvgIpc) is 2.94. The molecule has 1 amide bonds. The van der Waals surface area contributed by atoms with E-state index in [0.29, 0.717) is 23.8 Å². The minimum atomic E-state index is 0. The van der Waals surface area contributed by atoms with E-state index in [9.17, 15) is 4.79 Å². The van der Waals surface area contributed by atoms with E-state index in [-0.39, 0.29) is 24.4 Å². The van der Waals surface area contributed by atoms with Crippen molar-refractivity contribution in [3.05, 3.63) is 23.7 Å². The molecule has 0 saturated carbocycles. The van der Waals surface area contributed by atoms with E-state index in [1.54, 1.807) is 6.07 Å². The van der Waals surface area contributed by atoms with Crippen molar-refractivity contribution in [1.82, 2.24) is 4.90 Å². The zero-order chi connectivity index (χ0) is 14.5. The summed E-state index contributed by atoms with van der Waals surface area (Å²) < 4.78 is 11.0. The van der Waals surface area contributed by atoms with Crippen LogP contribution in [-0.2, 0) is 11.3 Å². The van der Waals surface area contributed by atoms with Gasteiger partial charge in [-0.1, -0.05) is 13.8 Å². The van der Waals surface area contributed by atoms with E-state index < -0.39 is 0 Å². The highest BCUT2D eigenvalue weighted by molar-refractivity contribution is 5.94. The third-order valence-electron chi connectivity index (χ3n) is 3.50. The van der Waals surface area contributed by atoms with Gasteiger partial charge in [-0.05, 0) is 24.8 Å². The highest BCUT2D eigenvalue weighted by atomic mass is 35.5. The maximum Gasteiger partial charge on any atom is 0.257 e. The molecule has 120 valence electrons. The minimum absolute atomic E-state index is 0. The van der Waals surface area contributed by atoms with E-state index in [1.165, 1.54) is 6.26 Å². The third kappa shape index (κ3) is 5.02. The Labute approximate surface area is 132 Å². The molecule has 1 aliphatic rings. The molecule has 6 heteroatoms. The summed E-state index contributed by atoms with van der Waals surface area (Å²) in [4.78, 5) is 14.1. The maximum atomic E-state index is 12.3. The molecule has 5 nitrogen and oxygen atoms in total. The van der Waals surface area contributed by atoms with Crippen LogP contribution in [0.15, 0.2) is 16.7 Å². The van der Waals surface area contributed by atoms with E-state index >= 15 is 0 Å². The second-order valence-corrected chi connectivity index (χ2v) is 5.72. The molecular weight excluding hydrogens is 292 g/mol. The van der Waals surface area contributed by atoms with Crippen LogP contribution in [-0.4, -0.2) is 36.6 Å². The van der Waals surface area contributed by atoms with Gasteiger partial charge in [0, 0.05) is 19.7 Å². The predicted molar refractivity (Wildman–Crippen MR) is 83.6 cm³/mol. The number of piperidine rings is 1. The first kappa shape index (κ1) is 18.0. The van der Waals surface area contributed by atoms with Crippen molar-refractivity contribution in [1.29, 1.82) is 0 Å². The zero-order valence-electron chi connectivity index (χ0n) is 12.7. The molecule has 0 spiro atoms. The van der Waals surface area contributed by atoms with Gasteiger partial charge in [-0.3, -0.25) is 4.79 Å². The van der Waals surface area contributed by atoms with Gasteiger partial charge in [-0.25, -0.2) is 0 Å². The predicted octanol–water partition coefficient (Wildman–Crippen LogP) is 2.44. The van der Waals surface area contributed by atoms with Gasteiger partial charge in [-0.15, -0.1) is 12.4 Å². The number of rotatable bonds is 5. The zero-order valence-corrected chi connectivity index (χ0v) is 13.5. The Hall–Kier alpha value is -1.04. The van der Waals surface area contributed by atoms with Gasteiger partial charge in [0.2, 0.25) is 0 Å². The van der Waals surface area contributed by atoms with Crippen molar-refractivity contribution >= 4 is 18.3 Å². The molecule has 0 aromatic carbocycles. The lowest BCUT2D eigenvalue weighted by Gasteiger charge is -2.32. The molecule has 0 aliphatic carbocycles. The number of carbonyl (C=O) groups excluding carboxylic acids is 1. The number of nitrogens with two attached hydrogens (primary N) is 1. The van der Waals surface area contributed by atoms with Crippen LogP contribution in [0.5, 0.6) is 0 Å². The van der Waals surface area contributed by atoms with Gasteiger partial charge in [0.15, 0.2) is 0 Å². The Balaban J connectivity index is 0.00000220. The smallest absolute Gasteiger partial charge is 0.257 e. The van der Waals surface area contributed by atoms with Crippen LogP contribution in [0, 0.1) is 5.92 Å². The van der Waals surface area contributed by atoms with E-state index in [4.69, 9.17) is 14.9 Å². The van der Waals surface area contributed by atoms with Crippen molar-refractivity contribution < 1.29 is 13.9 Å². The SMILES string of the molecule is CC(C)COC1CCN(C(=O)c2coc(CN)c2)CC1.Cl. The van der Waals surface area contributed by atoms with Crippen LogP contribution in [0.25, 0.3) is 0 Å². The Kier molecular flexibility index (Phi) is 7.22. The third-order valence-corrected chi connectivity index (χ3v) is 3.50. The van der Waals surface area contributed by atoms with E-state index in [1.807, 2.05) is 4.90 Å². The molecule has 21 heavy (non-hydrogen) atoms. The summed E-state index contributed by atoms with van der Waals surface area (Å²) in [5, 5.41) is 0. The Bertz CT molecular complexity index is 440. The number of halogens is 1. The number of hydrogen-bond donors (Lipinski definition) is 1. The molecule has 2 rings (SSSR count). The van der Waals surface area contributed by atoms with Crippen LogP contribution in [0.3, 0.4) is 0 Å². The van der Waals surface area contributed by atoms with Crippen LogP contribution in [0.1, 0.15) is 42.8 Å². The lowest BCUT2D eigenvalue weighted by atomic mass is 10.1. The Morgan fingerprint density at radius 3 is 2.67 bits per heavy atom. The summed E-state index contributed by atoms with van der Waals surface area (Å²) >= 11 is 0. The number of ether oxygens (including phenoxy) is 1. The maximum absolute atomic E-state index is 12.3. The molecule has 2 N–H and O–H groups in total. The van der Waals surface area contributed by atoms with Gasteiger partial charge in [0.25, 0.3) is 5.91 Å². The number of amides is 1. The fourth-order valence-corrected chi connectivity index (χ4v) is 2.34. The first-order valence-corrected chi connectivity index (χ1v) is 7.28. The van der Waals surface area contributed by atoms with Gasteiger partial charge in [-0.2, -0.15) is 0 Å². The number of likely N-dealkylation sites (tertiary alicyclic amines) is 1. The Morgan fingerprint density at radius 1 is 1.48 bits per heavy atom. The van der Waals surface area contributed by atoms with Crippen molar-refractivity contribution in [3.63, 3.8) is 0 Å². The number of furan rings is 1. The van der Waals surface area contributed by atoms with Crippen LogP contribution >= 0.6 is 12.4 Å². The molecule has 0 unspecified atom stereocenters. The first-order valence-electron chi connectivity index (χ1n) is 7.28. The summed E-state index contributed by atoms with van der Waals surface area (Å²) in [7, 11) is 0. The van der Waals surface area contributed by atoms with Crippen LogP contribution in [0.4, 0.5) is 0 Å². The fraction of sp³-hybridized carbons (Fsp3) is 0.667. The lowest BCUT2D eigenvalue weighted by Crippen LogP contribution is -2.41. The molecule has 2 heterocycles. The monoisotopic (exact) mass is 316 g/mol. The first-order chi connectivity index (χ1) is 9.60.